The second kappa shape index (κ2) is 3.49. The lowest BCUT2D eigenvalue weighted by Crippen LogP contribution is -2.04. The smallest absolute Gasteiger partial charge is 0.237 e. The van der Waals surface area contributed by atoms with E-state index in [9.17, 15) is 13.2 Å². The predicted molar refractivity (Wildman–Crippen MR) is 51.5 cm³/mol. The number of hydrogen-bond donors (Lipinski definition) is 0. The SMILES string of the molecule is N#Cc1ccc2cc(C(F)(F)F)ccc2n1. The van der Waals surface area contributed by atoms with E-state index in [1.807, 2.05) is 6.07 Å². The minimum absolute atomic E-state index is 0.187. The van der Waals surface area contributed by atoms with Gasteiger partial charge in [0.05, 0.1) is 11.1 Å². The zero-order chi connectivity index (χ0) is 11.8. The summed E-state index contributed by atoms with van der Waals surface area (Å²) in [6, 6.07) is 7.91. The number of fused-ring (bicyclic) bond motifs is 1. The molecule has 0 N–H and O–H groups in total. The summed E-state index contributed by atoms with van der Waals surface area (Å²) in [5, 5.41) is 8.96. The highest BCUT2D eigenvalue weighted by Gasteiger charge is 2.30. The highest BCUT2D eigenvalue weighted by Crippen LogP contribution is 2.30. The topological polar surface area (TPSA) is 36.7 Å². The van der Waals surface area contributed by atoms with Crippen LogP contribution < -0.4 is 0 Å². The summed E-state index contributed by atoms with van der Waals surface area (Å²) in [4.78, 5) is 3.89. The van der Waals surface area contributed by atoms with Crippen molar-refractivity contribution in [2.24, 2.45) is 0 Å². The number of alkyl halides is 3. The molecule has 0 spiro atoms. The molecule has 2 rings (SSSR count). The number of aromatic nitrogens is 1. The molecule has 0 saturated carbocycles. The van der Waals surface area contributed by atoms with Gasteiger partial charge in [-0.2, -0.15) is 18.4 Å². The Bertz CT molecular complexity index is 582. The van der Waals surface area contributed by atoms with Gasteiger partial charge in [0.2, 0.25) is 0 Å². The summed E-state index contributed by atoms with van der Waals surface area (Å²) < 4.78 is 37.2. The summed E-state index contributed by atoms with van der Waals surface area (Å²) >= 11 is 0. The molecule has 5 heteroatoms. The van der Waals surface area contributed by atoms with Crippen LogP contribution in [0.2, 0.25) is 0 Å². The van der Waals surface area contributed by atoms with Crippen molar-refractivity contribution >= 4 is 10.9 Å². The fourth-order valence-electron chi connectivity index (χ4n) is 1.36. The largest absolute Gasteiger partial charge is 0.416 e. The third kappa shape index (κ3) is 1.82. The van der Waals surface area contributed by atoms with Crippen molar-refractivity contribution in [3.63, 3.8) is 0 Å². The lowest BCUT2D eigenvalue weighted by atomic mass is 10.1. The molecule has 1 aromatic carbocycles. The Balaban J connectivity index is 2.62. The van der Waals surface area contributed by atoms with Crippen LogP contribution in [0.4, 0.5) is 13.2 Å². The van der Waals surface area contributed by atoms with Crippen molar-refractivity contribution in [2.75, 3.05) is 0 Å². The number of nitrogens with zero attached hydrogens (tertiary/aromatic N) is 2. The number of halogens is 3. The van der Waals surface area contributed by atoms with E-state index in [0.717, 1.165) is 12.1 Å². The Morgan fingerprint density at radius 2 is 1.88 bits per heavy atom. The number of pyridine rings is 1. The van der Waals surface area contributed by atoms with Crippen molar-refractivity contribution in [3.05, 3.63) is 41.6 Å². The first kappa shape index (κ1) is 10.4. The van der Waals surface area contributed by atoms with Crippen LogP contribution in [0.1, 0.15) is 11.3 Å². The van der Waals surface area contributed by atoms with Gasteiger partial charge in [0.1, 0.15) is 11.8 Å². The van der Waals surface area contributed by atoms with Crippen LogP contribution in [-0.4, -0.2) is 4.98 Å². The lowest BCUT2D eigenvalue weighted by molar-refractivity contribution is -0.137. The van der Waals surface area contributed by atoms with Crippen molar-refractivity contribution in [2.45, 2.75) is 6.18 Å². The maximum absolute atomic E-state index is 12.4. The van der Waals surface area contributed by atoms with E-state index in [-0.39, 0.29) is 5.69 Å². The zero-order valence-electron chi connectivity index (χ0n) is 7.92. The highest BCUT2D eigenvalue weighted by molar-refractivity contribution is 5.79. The maximum atomic E-state index is 12.4. The molecule has 0 aliphatic rings. The second-order valence-corrected chi connectivity index (χ2v) is 3.21. The molecular weight excluding hydrogens is 217 g/mol. The molecule has 0 amide bonds. The normalized spacial score (nSPS) is 11.4. The molecule has 0 radical (unpaired) electrons. The maximum Gasteiger partial charge on any atom is 0.416 e. The monoisotopic (exact) mass is 222 g/mol. The van der Waals surface area contributed by atoms with Crippen LogP contribution in [-0.2, 0) is 6.18 Å². The van der Waals surface area contributed by atoms with E-state index in [4.69, 9.17) is 5.26 Å². The number of hydrogen-bond acceptors (Lipinski definition) is 2. The summed E-state index contributed by atoms with van der Waals surface area (Å²) in [5.41, 5.74) is -0.147. The minimum atomic E-state index is -4.36. The van der Waals surface area contributed by atoms with E-state index in [2.05, 4.69) is 4.98 Å². The van der Waals surface area contributed by atoms with Gasteiger partial charge in [-0.1, -0.05) is 0 Å². The number of nitriles is 1. The first-order valence-electron chi connectivity index (χ1n) is 4.39. The molecule has 1 heterocycles. The second-order valence-electron chi connectivity index (χ2n) is 3.21. The van der Waals surface area contributed by atoms with Gasteiger partial charge in [-0.15, -0.1) is 0 Å². The third-order valence-corrected chi connectivity index (χ3v) is 2.13. The molecule has 0 saturated heterocycles. The molecule has 0 bridgehead atoms. The molecule has 2 nitrogen and oxygen atoms in total. The Labute approximate surface area is 89.0 Å². The number of benzene rings is 1. The van der Waals surface area contributed by atoms with E-state index < -0.39 is 11.7 Å². The molecule has 0 fully saturated rings. The van der Waals surface area contributed by atoms with Gasteiger partial charge < -0.3 is 0 Å². The molecular formula is C11H5F3N2. The Morgan fingerprint density at radius 1 is 1.12 bits per heavy atom. The summed E-state index contributed by atoms with van der Waals surface area (Å²) in [7, 11) is 0. The van der Waals surface area contributed by atoms with Crippen molar-refractivity contribution in [3.8, 4) is 6.07 Å². The van der Waals surface area contributed by atoms with E-state index in [1.165, 1.54) is 18.2 Å². The Morgan fingerprint density at radius 3 is 2.50 bits per heavy atom. The first-order chi connectivity index (χ1) is 7.50. The summed E-state index contributed by atoms with van der Waals surface area (Å²) in [6.45, 7) is 0. The molecule has 80 valence electrons. The van der Waals surface area contributed by atoms with Crippen molar-refractivity contribution < 1.29 is 13.2 Å². The van der Waals surface area contributed by atoms with Crippen LogP contribution in [0.3, 0.4) is 0 Å². The molecule has 0 unspecified atom stereocenters. The van der Waals surface area contributed by atoms with Gasteiger partial charge in [-0.3, -0.25) is 0 Å². The number of rotatable bonds is 0. The first-order valence-corrected chi connectivity index (χ1v) is 4.39. The quantitative estimate of drug-likeness (QED) is 0.686. The zero-order valence-corrected chi connectivity index (χ0v) is 7.92. The van der Waals surface area contributed by atoms with Gasteiger partial charge in [0, 0.05) is 5.39 Å². The van der Waals surface area contributed by atoms with Crippen LogP contribution in [0.5, 0.6) is 0 Å². The van der Waals surface area contributed by atoms with E-state index in [0.29, 0.717) is 10.9 Å². The highest BCUT2D eigenvalue weighted by atomic mass is 19.4. The molecule has 0 atom stereocenters. The fraction of sp³-hybridized carbons (Fsp3) is 0.0909. The van der Waals surface area contributed by atoms with Crippen molar-refractivity contribution in [1.29, 1.82) is 5.26 Å². The predicted octanol–water partition coefficient (Wildman–Crippen LogP) is 3.13. The van der Waals surface area contributed by atoms with Gasteiger partial charge in [0.15, 0.2) is 0 Å². The molecule has 0 aliphatic heterocycles. The minimum Gasteiger partial charge on any atom is -0.237 e. The van der Waals surface area contributed by atoms with E-state index >= 15 is 0 Å². The summed E-state index contributed by atoms with van der Waals surface area (Å²) in [5.74, 6) is 0. The Hall–Kier alpha value is -2.09. The lowest BCUT2D eigenvalue weighted by Gasteiger charge is -2.07. The van der Waals surface area contributed by atoms with Gasteiger partial charge in [0.25, 0.3) is 0 Å². The van der Waals surface area contributed by atoms with Crippen LogP contribution >= 0.6 is 0 Å². The standard InChI is InChI=1S/C11H5F3N2/c12-11(13,14)8-2-4-10-7(5-8)1-3-9(6-15)16-10/h1-5H. The van der Waals surface area contributed by atoms with E-state index in [1.54, 1.807) is 0 Å². The molecule has 2 aromatic rings. The van der Waals surface area contributed by atoms with Crippen LogP contribution in [0.15, 0.2) is 30.3 Å². The van der Waals surface area contributed by atoms with Crippen LogP contribution in [0, 0.1) is 11.3 Å². The molecule has 1 aromatic heterocycles. The third-order valence-electron chi connectivity index (χ3n) is 2.13. The fourth-order valence-corrected chi connectivity index (χ4v) is 1.36. The van der Waals surface area contributed by atoms with Crippen molar-refractivity contribution in [1.82, 2.24) is 4.98 Å². The molecule has 0 aliphatic carbocycles. The molecule has 16 heavy (non-hydrogen) atoms. The van der Waals surface area contributed by atoms with Gasteiger partial charge >= 0.3 is 6.18 Å². The van der Waals surface area contributed by atoms with Gasteiger partial charge in [-0.25, -0.2) is 4.98 Å². The van der Waals surface area contributed by atoms with Gasteiger partial charge in [-0.05, 0) is 30.3 Å². The van der Waals surface area contributed by atoms with Crippen LogP contribution in [0.25, 0.3) is 10.9 Å². The summed E-state index contributed by atoms with van der Waals surface area (Å²) in [6.07, 6.45) is -4.36. The Kier molecular flexibility index (Phi) is 2.27. The average molecular weight is 222 g/mol. The average Bonchev–Trinajstić information content (AvgIpc) is 2.26.